The van der Waals surface area contributed by atoms with Crippen LogP contribution in [0.3, 0.4) is 0 Å². The fraction of sp³-hybridized carbons (Fsp3) is 0.933. The van der Waals surface area contributed by atoms with Gasteiger partial charge in [0.25, 0.3) is 0 Å². The smallest absolute Gasteiger partial charge is 0.319 e. The Hall–Kier alpha value is -0.860. The van der Waals surface area contributed by atoms with E-state index in [0.717, 1.165) is 51.8 Å². The van der Waals surface area contributed by atoms with Crippen LogP contribution < -0.4 is 4.72 Å². The number of nitrogens with zero attached hydrogens (tertiary/aromatic N) is 2. The topological polar surface area (TPSA) is 79.0 Å². The second-order valence-electron chi connectivity index (χ2n) is 7.01. The van der Waals surface area contributed by atoms with Crippen LogP contribution in [0.4, 0.5) is 4.79 Å². The molecule has 7 nitrogen and oxygen atoms in total. The quantitative estimate of drug-likeness (QED) is 0.818. The lowest BCUT2D eigenvalue weighted by Gasteiger charge is -2.46. The van der Waals surface area contributed by atoms with Crippen LogP contribution in [-0.2, 0) is 14.8 Å². The molecule has 0 saturated carbocycles. The van der Waals surface area contributed by atoms with Crippen LogP contribution in [0.15, 0.2) is 0 Å². The average molecular weight is 347 g/mol. The zero-order valence-electron chi connectivity index (χ0n) is 14.4. The Kier molecular flexibility index (Phi) is 5.91. The van der Waals surface area contributed by atoms with Crippen LogP contribution in [0.5, 0.6) is 0 Å². The van der Waals surface area contributed by atoms with Gasteiger partial charge in [-0.1, -0.05) is 0 Å². The molecule has 0 aromatic heterocycles. The maximum atomic E-state index is 12.0. The number of piperidine rings is 1. The summed E-state index contributed by atoms with van der Waals surface area (Å²) < 4.78 is 30.9. The highest BCUT2D eigenvalue weighted by Crippen LogP contribution is 2.38. The number of likely N-dealkylation sites (tertiary alicyclic amines) is 1. The molecule has 2 amide bonds. The minimum Gasteiger partial charge on any atom is -0.375 e. The maximum absolute atomic E-state index is 12.0. The molecule has 2 fully saturated rings. The van der Waals surface area contributed by atoms with Crippen LogP contribution in [0.25, 0.3) is 0 Å². The number of carbonyl (C=O) groups is 1. The van der Waals surface area contributed by atoms with Crippen molar-refractivity contribution in [1.82, 2.24) is 14.5 Å². The van der Waals surface area contributed by atoms with E-state index in [-0.39, 0.29) is 11.6 Å². The van der Waals surface area contributed by atoms with Crippen molar-refractivity contribution in [2.24, 2.45) is 5.92 Å². The summed E-state index contributed by atoms with van der Waals surface area (Å²) in [5, 5.41) is 0. The highest BCUT2D eigenvalue weighted by molar-refractivity contribution is 7.88. The molecule has 134 valence electrons. The molecule has 1 atom stereocenters. The Morgan fingerprint density at radius 2 is 2.00 bits per heavy atom. The van der Waals surface area contributed by atoms with E-state index in [2.05, 4.69) is 4.72 Å². The number of hydrogen-bond acceptors (Lipinski definition) is 4. The van der Waals surface area contributed by atoms with E-state index < -0.39 is 10.0 Å². The Bertz CT molecular complexity index is 513. The van der Waals surface area contributed by atoms with Crippen LogP contribution in [0.1, 0.15) is 32.1 Å². The number of urea groups is 1. The van der Waals surface area contributed by atoms with Crippen molar-refractivity contribution < 1.29 is 17.9 Å². The van der Waals surface area contributed by atoms with Crippen molar-refractivity contribution in [2.45, 2.75) is 37.7 Å². The van der Waals surface area contributed by atoms with E-state index >= 15 is 0 Å². The lowest BCUT2D eigenvalue weighted by atomic mass is 9.78. The predicted octanol–water partition coefficient (Wildman–Crippen LogP) is 0.869. The van der Waals surface area contributed by atoms with Gasteiger partial charge in [0.15, 0.2) is 0 Å². The maximum Gasteiger partial charge on any atom is 0.319 e. The van der Waals surface area contributed by atoms with Gasteiger partial charge in [0.2, 0.25) is 10.0 Å². The van der Waals surface area contributed by atoms with Gasteiger partial charge in [-0.2, -0.15) is 0 Å². The summed E-state index contributed by atoms with van der Waals surface area (Å²) in [5.74, 6) is 0.481. The highest BCUT2D eigenvalue weighted by atomic mass is 32.2. The minimum atomic E-state index is -3.11. The third-order valence-electron chi connectivity index (χ3n) is 4.84. The first-order valence-corrected chi connectivity index (χ1v) is 10.1. The third-order valence-corrected chi connectivity index (χ3v) is 5.57. The van der Waals surface area contributed by atoms with E-state index in [1.807, 2.05) is 4.90 Å². The number of ether oxygens (including phenoxy) is 1. The van der Waals surface area contributed by atoms with Crippen LogP contribution in [0.2, 0.25) is 0 Å². The predicted molar refractivity (Wildman–Crippen MR) is 88.8 cm³/mol. The molecule has 1 N–H and O–H groups in total. The summed E-state index contributed by atoms with van der Waals surface area (Å²) in [5.41, 5.74) is -0.128. The fourth-order valence-corrected chi connectivity index (χ4v) is 4.05. The van der Waals surface area contributed by atoms with Crippen LogP contribution >= 0.6 is 0 Å². The van der Waals surface area contributed by atoms with Gasteiger partial charge in [0, 0.05) is 40.3 Å². The summed E-state index contributed by atoms with van der Waals surface area (Å²) in [6, 6.07) is 0.0598. The molecule has 2 aliphatic rings. The van der Waals surface area contributed by atoms with Gasteiger partial charge in [-0.15, -0.1) is 0 Å². The Morgan fingerprint density at radius 3 is 2.57 bits per heavy atom. The second kappa shape index (κ2) is 7.36. The number of hydrogen-bond donors (Lipinski definition) is 1. The highest BCUT2D eigenvalue weighted by Gasteiger charge is 2.41. The Morgan fingerprint density at radius 1 is 1.35 bits per heavy atom. The molecule has 23 heavy (non-hydrogen) atoms. The zero-order chi connectivity index (χ0) is 17.1. The Labute approximate surface area is 139 Å². The molecule has 2 saturated heterocycles. The van der Waals surface area contributed by atoms with Crippen molar-refractivity contribution in [3.05, 3.63) is 0 Å². The molecule has 8 heteroatoms. The largest absolute Gasteiger partial charge is 0.375 e. The van der Waals surface area contributed by atoms with Crippen molar-refractivity contribution >= 4 is 16.1 Å². The number of carbonyl (C=O) groups excluding carboxylic acids is 1. The molecule has 0 radical (unpaired) electrons. The first kappa shape index (κ1) is 18.5. The standard InChI is InChI=1S/C15H29N3O4S/c1-17(2)14(19)18-9-6-15(7-10-18)12-13(5-11-22-15)4-8-16-23(3,20)21/h13,16H,4-12H2,1-3H3. The van der Waals surface area contributed by atoms with Gasteiger partial charge >= 0.3 is 6.03 Å². The molecular weight excluding hydrogens is 318 g/mol. The van der Waals surface area contributed by atoms with Crippen molar-refractivity contribution in [3.8, 4) is 0 Å². The average Bonchev–Trinajstić information content (AvgIpc) is 2.46. The minimum absolute atomic E-state index is 0.0598. The molecule has 0 bridgehead atoms. The number of amides is 2. The molecule has 1 spiro atoms. The fourth-order valence-electron chi connectivity index (χ4n) is 3.56. The lowest BCUT2D eigenvalue weighted by molar-refractivity contribution is -0.124. The third kappa shape index (κ3) is 5.32. The number of rotatable bonds is 4. The Balaban J connectivity index is 1.83. The van der Waals surface area contributed by atoms with E-state index in [4.69, 9.17) is 4.74 Å². The van der Waals surface area contributed by atoms with E-state index in [1.165, 1.54) is 6.26 Å². The normalized spacial score (nSPS) is 24.7. The summed E-state index contributed by atoms with van der Waals surface area (Å²) in [7, 11) is 0.432. The summed E-state index contributed by atoms with van der Waals surface area (Å²) in [6.45, 7) is 2.67. The van der Waals surface area contributed by atoms with Gasteiger partial charge in [0.05, 0.1) is 11.9 Å². The zero-order valence-corrected chi connectivity index (χ0v) is 15.2. The summed E-state index contributed by atoms with van der Waals surface area (Å²) >= 11 is 0. The molecule has 2 rings (SSSR count). The first-order chi connectivity index (χ1) is 10.7. The van der Waals surface area contributed by atoms with E-state index in [1.54, 1.807) is 19.0 Å². The molecule has 0 aromatic carbocycles. The first-order valence-electron chi connectivity index (χ1n) is 8.26. The van der Waals surface area contributed by atoms with Crippen LogP contribution in [-0.4, -0.2) is 76.4 Å². The van der Waals surface area contributed by atoms with Crippen molar-refractivity contribution in [2.75, 3.05) is 46.6 Å². The molecule has 2 aliphatic heterocycles. The van der Waals surface area contributed by atoms with E-state index in [0.29, 0.717) is 12.5 Å². The van der Waals surface area contributed by atoms with Gasteiger partial charge in [0.1, 0.15) is 0 Å². The van der Waals surface area contributed by atoms with Gasteiger partial charge < -0.3 is 14.5 Å². The molecule has 2 heterocycles. The molecule has 0 aromatic rings. The van der Waals surface area contributed by atoms with Crippen molar-refractivity contribution in [3.63, 3.8) is 0 Å². The number of nitrogens with one attached hydrogen (secondary N) is 1. The second-order valence-corrected chi connectivity index (χ2v) is 8.84. The van der Waals surface area contributed by atoms with Gasteiger partial charge in [-0.3, -0.25) is 0 Å². The monoisotopic (exact) mass is 347 g/mol. The number of sulfonamides is 1. The molecule has 0 aliphatic carbocycles. The molecule has 1 unspecified atom stereocenters. The van der Waals surface area contributed by atoms with Crippen molar-refractivity contribution in [1.29, 1.82) is 0 Å². The molecular formula is C15H29N3O4S. The van der Waals surface area contributed by atoms with Crippen LogP contribution in [0, 0.1) is 5.92 Å². The summed E-state index contributed by atoms with van der Waals surface area (Å²) in [6.07, 6.45) is 5.70. The SMILES string of the molecule is CN(C)C(=O)N1CCC2(CC1)CC(CCNS(C)(=O)=O)CCO2. The lowest BCUT2D eigenvalue weighted by Crippen LogP contribution is -2.52. The van der Waals surface area contributed by atoms with Gasteiger partial charge in [-0.05, 0) is 38.0 Å². The van der Waals surface area contributed by atoms with E-state index in [9.17, 15) is 13.2 Å². The van der Waals surface area contributed by atoms with Gasteiger partial charge in [-0.25, -0.2) is 17.9 Å². The summed E-state index contributed by atoms with van der Waals surface area (Å²) in [4.78, 5) is 15.5.